The Balaban J connectivity index is 2.40. The van der Waals surface area contributed by atoms with Crippen molar-refractivity contribution in [1.82, 2.24) is 4.57 Å². The summed E-state index contributed by atoms with van der Waals surface area (Å²) in [5, 5.41) is 8.71. The Labute approximate surface area is 118 Å². The van der Waals surface area contributed by atoms with Crippen molar-refractivity contribution in [2.75, 3.05) is 0 Å². The van der Waals surface area contributed by atoms with Crippen LogP contribution in [0.5, 0.6) is 0 Å². The fourth-order valence-corrected chi connectivity index (χ4v) is 2.19. The van der Waals surface area contributed by atoms with Gasteiger partial charge >= 0.3 is 5.97 Å². The van der Waals surface area contributed by atoms with Crippen molar-refractivity contribution in [2.45, 2.75) is 26.9 Å². The average molecular weight is 268 g/mol. The number of esters is 1. The third-order valence-corrected chi connectivity index (χ3v) is 3.13. The molecule has 20 heavy (non-hydrogen) atoms. The number of aryl methyl sites for hydroxylation is 1. The average Bonchev–Trinajstić information content (AvgIpc) is 2.75. The fraction of sp³-hybridized carbons (Fsp3) is 0.250. The first-order chi connectivity index (χ1) is 9.54. The first-order valence-corrected chi connectivity index (χ1v) is 6.39. The molecular weight excluding hydrogens is 252 g/mol. The molecule has 0 aliphatic carbocycles. The first kappa shape index (κ1) is 13.9. The number of carbonyl (C=O) groups is 1. The van der Waals surface area contributed by atoms with Gasteiger partial charge in [0, 0.05) is 17.1 Å². The number of hydrogen-bond acceptors (Lipinski definition) is 3. The maximum absolute atomic E-state index is 12.0. The van der Waals surface area contributed by atoms with Crippen LogP contribution < -0.4 is 0 Å². The van der Waals surface area contributed by atoms with Gasteiger partial charge in [0.05, 0.1) is 5.56 Å². The molecule has 0 spiro atoms. The monoisotopic (exact) mass is 268 g/mol. The zero-order valence-corrected chi connectivity index (χ0v) is 11.8. The van der Waals surface area contributed by atoms with E-state index in [0.29, 0.717) is 5.56 Å². The summed E-state index contributed by atoms with van der Waals surface area (Å²) in [5.41, 5.74) is 3.25. The Morgan fingerprint density at radius 3 is 2.55 bits per heavy atom. The molecule has 1 aromatic carbocycles. The maximum Gasteiger partial charge on any atom is 0.341 e. The Morgan fingerprint density at radius 1 is 1.30 bits per heavy atom. The highest BCUT2D eigenvalue weighted by atomic mass is 16.5. The van der Waals surface area contributed by atoms with Gasteiger partial charge in [0.1, 0.15) is 6.07 Å². The molecule has 1 aromatic heterocycles. The van der Waals surface area contributed by atoms with Crippen molar-refractivity contribution in [3.05, 3.63) is 53.3 Å². The molecule has 0 amide bonds. The van der Waals surface area contributed by atoms with E-state index >= 15 is 0 Å². The van der Waals surface area contributed by atoms with Gasteiger partial charge in [0.15, 0.2) is 6.10 Å². The van der Waals surface area contributed by atoms with Crippen LogP contribution >= 0.6 is 0 Å². The van der Waals surface area contributed by atoms with Crippen LogP contribution in [0.1, 0.15) is 28.7 Å². The van der Waals surface area contributed by atoms with Gasteiger partial charge in [-0.2, -0.15) is 5.26 Å². The van der Waals surface area contributed by atoms with E-state index in [1.807, 2.05) is 54.8 Å². The summed E-state index contributed by atoms with van der Waals surface area (Å²) in [5.74, 6) is -0.464. The highest BCUT2D eigenvalue weighted by molar-refractivity contribution is 5.91. The molecular formula is C16H16N2O2. The predicted octanol–water partition coefficient (Wildman–Crippen LogP) is 3.16. The number of rotatable bonds is 3. The molecule has 0 radical (unpaired) electrons. The van der Waals surface area contributed by atoms with E-state index in [4.69, 9.17) is 10.00 Å². The van der Waals surface area contributed by atoms with E-state index in [-0.39, 0.29) is 0 Å². The molecule has 2 aromatic rings. The zero-order valence-electron chi connectivity index (χ0n) is 11.8. The van der Waals surface area contributed by atoms with Gasteiger partial charge in [-0.1, -0.05) is 18.2 Å². The van der Waals surface area contributed by atoms with E-state index in [2.05, 4.69) is 0 Å². The summed E-state index contributed by atoms with van der Waals surface area (Å²) < 4.78 is 7.05. The Morgan fingerprint density at radius 2 is 1.95 bits per heavy atom. The van der Waals surface area contributed by atoms with Gasteiger partial charge < -0.3 is 9.30 Å². The number of nitrogens with zero attached hydrogens (tertiary/aromatic N) is 2. The number of hydrogen-bond donors (Lipinski definition) is 0. The van der Waals surface area contributed by atoms with E-state index in [0.717, 1.165) is 17.1 Å². The molecule has 0 aliphatic rings. The standard InChI is InChI=1S/C16H16N2O2/c1-11-9-15(16(19)20-12(2)10-17)13(3)18(11)14-7-5-4-6-8-14/h4-9,12H,1-3H3/t12-/m0/s1. The number of para-hydroxylation sites is 1. The summed E-state index contributed by atoms with van der Waals surface area (Å²) in [6.45, 7) is 5.35. The molecule has 2 rings (SSSR count). The van der Waals surface area contributed by atoms with Crippen LogP contribution in [0.4, 0.5) is 0 Å². The molecule has 4 nitrogen and oxygen atoms in total. The number of nitriles is 1. The minimum absolute atomic E-state index is 0.464. The van der Waals surface area contributed by atoms with Gasteiger partial charge in [-0.15, -0.1) is 0 Å². The molecule has 102 valence electrons. The van der Waals surface area contributed by atoms with E-state index in [1.165, 1.54) is 0 Å². The first-order valence-electron chi connectivity index (χ1n) is 6.39. The van der Waals surface area contributed by atoms with Gasteiger partial charge in [-0.05, 0) is 39.0 Å². The fourth-order valence-electron chi connectivity index (χ4n) is 2.19. The molecule has 4 heteroatoms. The number of carbonyl (C=O) groups excluding carboxylic acids is 1. The highest BCUT2D eigenvalue weighted by Gasteiger charge is 2.19. The van der Waals surface area contributed by atoms with E-state index in [9.17, 15) is 4.79 Å². The summed E-state index contributed by atoms with van der Waals surface area (Å²) in [7, 11) is 0. The summed E-state index contributed by atoms with van der Waals surface area (Å²) >= 11 is 0. The second-order valence-electron chi connectivity index (χ2n) is 4.63. The van der Waals surface area contributed by atoms with Crippen molar-refractivity contribution in [3.8, 4) is 11.8 Å². The molecule has 0 aliphatic heterocycles. The predicted molar refractivity (Wildman–Crippen MR) is 75.7 cm³/mol. The van der Waals surface area contributed by atoms with Crippen molar-refractivity contribution >= 4 is 5.97 Å². The van der Waals surface area contributed by atoms with Crippen LogP contribution in [0.15, 0.2) is 36.4 Å². The molecule has 1 heterocycles. The lowest BCUT2D eigenvalue weighted by Crippen LogP contribution is -2.13. The molecule has 0 saturated heterocycles. The number of benzene rings is 1. The number of aromatic nitrogens is 1. The SMILES string of the molecule is Cc1cc(C(=O)O[C@@H](C)C#N)c(C)n1-c1ccccc1. The van der Waals surface area contributed by atoms with Crippen LogP contribution in [0, 0.1) is 25.2 Å². The second-order valence-corrected chi connectivity index (χ2v) is 4.63. The van der Waals surface area contributed by atoms with Crippen LogP contribution in [-0.2, 0) is 4.74 Å². The van der Waals surface area contributed by atoms with Crippen LogP contribution in [0.3, 0.4) is 0 Å². The molecule has 0 bridgehead atoms. The van der Waals surface area contributed by atoms with E-state index < -0.39 is 12.1 Å². The quantitative estimate of drug-likeness (QED) is 0.803. The summed E-state index contributed by atoms with van der Waals surface area (Å²) in [6, 6.07) is 13.5. The minimum atomic E-state index is -0.748. The van der Waals surface area contributed by atoms with Gasteiger partial charge in [0.25, 0.3) is 0 Å². The third kappa shape index (κ3) is 2.57. The molecule has 0 saturated carbocycles. The lowest BCUT2D eigenvalue weighted by Gasteiger charge is -2.10. The largest absolute Gasteiger partial charge is 0.444 e. The molecule has 0 fully saturated rings. The highest BCUT2D eigenvalue weighted by Crippen LogP contribution is 2.21. The smallest absolute Gasteiger partial charge is 0.341 e. The summed E-state index contributed by atoms with van der Waals surface area (Å²) in [4.78, 5) is 12.0. The maximum atomic E-state index is 12.0. The van der Waals surface area contributed by atoms with Gasteiger partial charge in [-0.25, -0.2) is 4.79 Å². The van der Waals surface area contributed by atoms with Crippen LogP contribution in [0.25, 0.3) is 5.69 Å². The second kappa shape index (κ2) is 5.62. The lowest BCUT2D eigenvalue weighted by atomic mass is 10.2. The van der Waals surface area contributed by atoms with E-state index in [1.54, 1.807) is 13.0 Å². The molecule has 1 atom stereocenters. The van der Waals surface area contributed by atoms with Crippen LogP contribution in [-0.4, -0.2) is 16.6 Å². The minimum Gasteiger partial charge on any atom is -0.444 e. The van der Waals surface area contributed by atoms with Gasteiger partial charge in [0.2, 0.25) is 0 Å². The Bertz CT molecular complexity index is 666. The van der Waals surface area contributed by atoms with Crippen LogP contribution in [0.2, 0.25) is 0 Å². The molecule has 0 unspecified atom stereocenters. The number of ether oxygens (including phenoxy) is 1. The third-order valence-electron chi connectivity index (χ3n) is 3.13. The summed E-state index contributed by atoms with van der Waals surface area (Å²) in [6.07, 6.45) is -0.748. The Kier molecular flexibility index (Phi) is 3.90. The Hall–Kier alpha value is -2.54. The van der Waals surface area contributed by atoms with Crippen molar-refractivity contribution in [1.29, 1.82) is 5.26 Å². The topological polar surface area (TPSA) is 55.0 Å². The lowest BCUT2D eigenvalue weighted by molar-refractivity contribution is 0.0434. The zero-order chi connectivity index (χ0) is 14.7. The van der Waals surface area contributed by atoms with Crippen molar-refractivity contribution < 1.29 is 9.53 Å². The molecule has 0 N–H and O–H groups in total. The van der Waals surface area contributed by atoms with Crippen molar-refractivity contribution in [3.63, 3.8) is 0 Å². The van der Waals surface area contributed by atoms with Gasteiger partial charge in [-0.3, -0.25) is 0 Å². The normalized spacial score (nSPS) is 11.7. The van der Waals surface area contributed by atoms with Crippen molar-refractivity contribution in [2.24, 2.45) is 0 Å².